The summed E-state index contributed by atoms with van der Waals surface area (Å²) in [7, 11) is 1.40. The summed E-state index contributed by atoms with van der Waals surface area (Å²) in [6.07, 6.45) is 0. The lowest BCUT2D eigenvalue weighted by Crippen LogP contribution is -1.96. The van der Waals surface area contributed by atoms with Crippen LogP contribution in [0.1, 0.15) is 5.56 Å². The van der Waals surface area contributed by atoms with E-state index in [9.17, 15) is 0 Å². The maximum atomic E-state index is 8.68. The Morgan fingerprint density at radius 3 is 2.69 bits per heavy atom. The zero-order valence-corrected chi connectivity index (χ0v) is 6.94. The van der Waals surface area contributed by atoms with Gasteiger partial charge in [-0.05, 0) is 0 Å². The first-order valence-corrected chi connectivity index (χ1v) is 3.42. The van der Waals surface area contributed by atoms with E-state index in [2.05, 4.69) is 4.89 Å². The Kier molecular flexibility index (Phi) is 2.57. The van der Waals surface area contributed by atoms with Crippen molar-refractivity contribution >= 4 is 5.69 Å². The van der Waals surface area contributed by atoms with Crippen molar-refractivity contribution in [2.24, 2.45) is 0 Å². The Morgan fingerprint density at radius 1 is 1.54 bits per heavy atom. The van der Waals surface area contributed by atoms with E-state index in [0.29, 0.717) is 0 Å². The first-order valence-electron chi connectivity index (χ1n) is 3.42. The maximum Gasteiger partial charge on any atom is 0.170 e. The van der Waals surface area contributed by atoms with Crippen molar-refractivity contribution in [1.29, 1.82) is 5.26 Å². The van der Waals surface area contributed by atoms with Gasteiger partial charge in [-0.15, -0.1) is 0 Å². The highest BCUT2D eigenvalue weighted by molar-refractivity contribution is 5.64. The van der Waals surface area contributed by atoms with Crippen LogP contribution >= 0.6 is 0 Å². The molecule has 0 unspecified atom stereocenters. The van der Waals surface area contributed by atoms with E-state index in [4.69, 9.17) is 21.0 Å². The van der Waals surface area contributed by atoms with Gasteiger partial charge in [-0.3, -0.25) is 0 Å². The molecule has 1 rings (SSSR count). The van der Waals surface area contributed by atoms with Crippen LogP contribution in [-0.4, -0.2) is 12.4 Å². The van der Waals surface area contributed by atoms with E-state index < -0.39 is 0 Å². The first-order chi connectivity index (χ1) is 6.22. The van der Waals surface area contributed by atoms with Crippen LogP contribution in [0.2, 0.25) is 0 Å². The summed E-state index contributed by atoms with van der Waals surface area (Å²) < 4.78 is 4.87. The quantitative estimate of drug-likeness (QED) is 0.402. The molecular formula is C8H8N2O3. The summed E-state index contributed by atoms with van der Waals surface area (Å²) in [5.74, 6) is 0.403. The molecule has 0 aliphatic rings. The second kappa shape index (κ2) is 3.65. The van der Waals surface area contributed by atoms with E-state index in [0.717, 1.165) is 0 Å². The van der Waals surface area contributed by atoms with E-state index in [-0.39, 0.29) is 22.7 Å². The van der Waals surface area contributed by atoms with Crippen molar-refractivity contribution in [3.8, 4) is 17.6 Å². The molecule has 13 heavy (non-hydrogen) atoms. The van der Waals surface area contributed by atoms with E-state index in [1.807, 2.05) is 6.07 Å². The summed E-state index contributed by atoms with van der Waals surface area (Å²) in [4.78, 5) is 3.97. The van der Waals surface area contributed by atoms with Crippen LogP contribution in [-0.2, 0) is 0 Å². The number of nitriles is 1. The van der Waals surface area contributed by atoms with Gasteiger partial charge >= 0.3 is 0 Å². The monoisotopic (exact) mass is 180 g/mol. The normalized spacial score (nSPS) is 9.00. The van der Waals surface area contributed by atoms with Crippen molar-refractivity contribution < 1.29 is 14.9 Å². The molecule has 1 aromatic carbocycles. The second-order valence-corrected chi connectivity index (χ2v) is 2.29. The minimum atomic E-state index is 0.133. The molecule has 1 aromatic rings. The summed E-state index contributed by atoms with van der Waals surface area (Å²) in [6.45, 7) is 0. The Bertz CT molecular complexity index is 357. The van der Waals surface area contributed by atoms with Crippen LogP contribution in [0.4, 0.5) is 5.69 Å². The molecule has 68 valence electrons. The molecule has 0 saturated carbocycles. The standard InChI is InChI=1S/C8H8N2O3/c1-12-8-3-5(13-11)2-7(10)6(8)4-9/h2-3,11H,10H2,1H3. The predicted octanol–water partition coefficient (Wildman–Crippen LogP) is 1.00. The average Bonchev–Trinajstić information content (AvgIpc) is 2.16. The van der Waals surface area contributed by atoms with Crippen LogP contribution in [0.15, 0.2) is 12.1 Å². The third kappa shape index (κ3) is 1.63. The third-order valence-electron chi connectivity index (χ3n) is 1.54. The fraction of sp³-hybridized carbons (Fsp3) is 0.125. The van der Waals surface area contributed by atoms with Crippen LogP contribution in [0.5, 0.6) is 11.5 Å². The molecule has 0 aliphatic heterocycles. The highest BCUT2D eigenvalue weighted by Crippen LogP contribution is 2.29. The topological polar surface area (TPSA) is 88.5 Å². The lowest BCUT2D eigenvalue weighted by atomic mass is 10.1. The lowest BCUT2D eigenvalue weighted by molar-refractivity contribution is -0.137. The van der Waals surface area contributed by atoms with Gasteiger partial charge in [-0.2, -0.15) is 5.26 Å². The van der Waals surface area contributed by atoms with Gasteiger partial charge in [0.15, 0.2) is 5.75 Å². The molecular weight excluding hydrogens is 172 g/mol. The first kappa shape index (κ1) is 9.16. The largest absolute Gasteiger partial charge is 0.495 e. The number of nitrogens with zero attached hydrogens (tertiary/aromatic N) is 1. The molecule has 0 aromatic heterocycles. The lowest BCUT2D eigenvalue weighted by Gasteiger charge is -2.06. The molecule has 5 heteroatoms. The molecule has 0 bridgehead atoms. The average molecular weight is 180 g/mol. The SMILES string of the molecule is COc1cc(OO)cc(N)c1C#N. The van der Waals surface area contributed by atoms with Crippen molar-refractivity contribution in [2.75, 3.05) is 12.8 Å². The molecule has 0 saturated heterocycles. The van der Waals surface area contributed by atoms with Gasteiger partial charge in [0.2, 0.25) is 0 Å². The fourth-order valence-electron chi connectivity index (χ4n) is 0.944. The molecule has 0 aliphatic carbocycles. The summed E-state index contributed by atoms with van der Waals surface area (Å²) >= 11 is 0. The molecule has 0 spiro atoms. The Labute approximate surface area is 74.8 Å². The van der Waals surface area contributed by atoms with E-state index in [1.165, 1.54) is 19.2 Å². The molecule has 3 N–H and O–H groups in total. The number of anilines is 1. The highest BCUT2D eigenvalue weighted by atomic mass is 17.1. The maximum absolute atomic E-state index is 8.68. The molecule has 0 atom stereocenters. The number of hydrogen-bond donors (Lipinski definition) is 2. The van der Waals surface area contributed by atoms with E-state index in [1.54, 1.807) is 0 Å². The van der Waals surface area contributed by atoms with Gasteiger partial charge in [0.1, 0.15) is 17.4 Å². The third-order valence-corrected chi connectivity index (χ3v) is 1.54. The van der Waals surface area contributed by atoms with Crippen LogP contribution < -0.4 is 15.4 Å². The van der Waals surface area contributed by atoms with Crippen molar-refractivity contribution in [3.63, 3.8) is 0 Å². The van der Waals surface area contributed by atoms with Gasteiger partial charge in [0, 0.05) is 12.1 Å². The molecule has 5 nitrogen and oxygen atoms in total. The highest BCUT2D eigenvalue weighted by Gasteiger charge is 2.09. The van der Waals surface area contributed by atoms with Crippen molar-refractivity contribution in [3.05, 3.63) is 17.7 Å². The summed E-state index contributed by atoms with van der Waals surface area (Å²) in [5.41, 5.74) is 5.92. The number of ether oxygens (including phenoxy) is 1. The number of nitrogen functional groups attached to an aromatic ring is 1. The van der Waals surface area contributed by atoms with E-state index >= 15 is 0 Å². The minimum Gasteiger partial charge on any atom is -0.495 e. The van der Waals surface area contributed by atoms with Gasteiger partial charge in [-0.25, -0.2) is 5.26 Å². The zero-order chi connectivity index (χ0) is 9.84. The van der Waals surface area contributed by atoms with Crippen LogP contribution in [0.3, 0.4) is 0 Å². The van der Waals surface area contributed by atoms with Gasteiger partial charge < -0.3 is 15.4 Å². The smallest absolute Gasteiger partial charge is 0.170 e. The number of hydrogen-bond acceptors (Lipinski definition) is 5. The number of nitrogens with two attached hydrogens (primary N) is 1. The van der Waals surface area contributed by atoms with Gasteiger partial charge in [0.25, 0.3) is 0 Å². The Balaban J connectivity index is 3.31. The van der Waals surface area contributed by atoms with Crippen molar-refractivity contribution in [2.45, 2.75) is 0 Å². The Morgan fingerprint density at radius 2 is 2.23 bits per heavy atom. The minimum absolute atomic E-state index is 0.133. The molecule has 0 radical (unpaired) electrons. The Hall–Kier alpha value is -1.93. The van der Waals surface area contributed by atoms with Crippen LogP contribution in [0, 0.1) is 11.3 Å². The number of benzene rings is 1. The molecule has 0 fully saturated rings. The number of methoxy groups -OCH3 is 1. The van der Waals surface area contributed by atoms with Gasteiger partial charge in [0.05, 0.1) is 12.8 Å². The molecule has 0 heterocycles. The zero-order valence-electron chi connectivity index (χ0n) is 6.94. The second-order valence-electron chi connectivity index (χ2n) is 2.29. The summed E-state index contributed by atoms with van der Waals surface area (Å²) in [6, 6.07) is 4.58. The fourth-order valence-corrected chi connectivity index (χ4v) is 0.944. The molecule has 0 amide bonds. The van der Waals surface area contributed by atoms with Crippen LogP contribution in [0.25, 0.3) is 0 Å². The van der Waals surface area contributed by atoms with Crippen molar-refractivity contribution in [1.82, 2.24) is 0 Å². The predicted molar refractivity (Wildman–Crippen MR) is 45.4 cm³/mol. The van der Waals surface area contributed by atoms with Gasteiger partial charge in [-0.1, -0.05) is 0 Å². The summed E-state index contributed by atoms with van der Waals surface area (Å²) in [5, 5.41) is 17.0. The number of rotatable bonds is 2.